The lowest BCUT2D eigenvalue weighted by atomic mass is 10.1. The number of hydrogen-bond acceptors (Lipinski definition) is 2. The highest BCUT2D eigenvalue weighted by Crippen LogP contribution is 2.14. The van der Waals surface area contributed by atoms with Gasteiger partial charge in [-0.05, 0) is 12.3 Å². The molecule has 70 valence electrons. The zero-order valence-corrected chi connectivity index (χ0v) is 8.08. The number of fused-ring (bicyclic) bond motifs is 1. The first-order valence-electron chi connectivity index (χ1n) is 4.79. The van der Waals surface area contributed by atoms with Crippen LogP contribution in [0.15, 0.2) is 10.9 Å². The van der Waals surface area contributed by atoms with E-state index in [4.69, 9.17) is 0 Å². The van der Waals surface area contributed by atoms with Gasteiger partial charge >= 0.3 is 0 Å². The summed E-state index contributed by atoms with van der Waals surface area (Å²) in [6.45, 7) is 4.97. The summed E-state index contributed by atoms with van der Waals surface area (Å²) in [6.07, 6.45) is 2.01. The molecule has 0 N–H and O–H groups in total. The molecule has 0 fully saturated rings. The molecular weight excluding hydrogens is 164 g/mol. The standard InChI is InChI=1S/C10H14N2O/c1-7(2)8-6-10(13)12-5-3-4-9(12)11-8/h6-7H,3-5H2,1-2H3. The monoisotopic (exact) mass is 178 g/mol. The Labute approximate surface area is 77.4 Å². The van der Waals surface area contributed by atoms with E-state index in [1.54, 1.807) is 10.6 Å². The van der Waals surface area contributed by atoms with Crippen molar-refractivity contribution in [1.82, 2.24) is 9.55 Å². The Bertz CT molecular complexity index is 379. The maximum Gasteiger partial charge on any atom is 0.253 e. The van der Waals surface area contributed by atoms with Crippen LogP contribution in [0.4, 0.5) is 0 Å². The van der Waals surface area contributed by atoms with Crippen molar-refractivity contribution in [3.63, 3.8) is 0 Å². The van der Waals surface area contributed by atoms with E-state index in [2.05, 4.69) is 18.8 Å². The number of aryl methyl sites for hydroxylation is 1. The van der Waals surface area contributed by atoms with Crippen molar-refractivity contribution in [3.8, 4) is 0 Å². The van der Waals surface area contributed by atoms with E-state index >= 15 is 0 Å². The summed E-state index contributed by atoms with van der Waals surface area (Å²) in [5, 5.41) is 0. The molecule has 0 aromatic carbocycles. The lowest BCUT2D eigenvalue weighted by Gasteiger charge is -2.07. The molecule has 0 radical (unpaired) electrons. The molecule has 3 nitrogen and oxygen atoms in total. The fourth-order valence-electron chi connectivity index (χ4n) is 1.69. The highest BCUT2D eigenvalue weighted by atomic mass is 16.1. The normalized spacial score (nSPS) is 15.0. The minimum absolute atomic E-state index is 0.117. The fraction of sp³-hybridized carbons (Fsp3) is 0.600. The Morgan fingerprint density at radius 1 is 1.54 bits per heavy atom. The lowest BCUT2D eigenvalue weighted by molar-refractivity contribution is 0.693. The van der Waals surface area contributed by atoms with Gasteiger partial charge in [0.2, 0.25) is 0 Å². The van der Waals surface area contributed by atoms with Crippen LogP contribution in [-0.4, -0.2) is 9.55 Å². The van der Waals surface area contributed by atoms with Gasteiger partial charge in [0.1, 0.15) is 5.82 Å². The van der Waals surface area contributed by atoms with Gasteiger partial charge in [-0.15, -0.1) is 0 Å². The first-order valence-corrected chi connectivity index (χ1v) is 4.79. The summed E-state index contributed by atoms with van der Waals surface area (Å²) in [4.78, 5) is 16.0. The molecule has 0 unspecified atom stereocenters. The molecular formula is C10H14N2O. The molecule has 0 saturated heterocycles. The zero-order chi connectivity index (χ0) is 9.42. The van der Waals surface area contributed by atoms with Gasteiger partial charge in [0, 0.05) is 19.0 Å². The zero-order valence-electron chi connectivity index (χ0n) is 8.08. The van der Waals surface area contributed by atoms with Gasteiger partial charge in [-0.3, -0.25) is 9.36 Å². The largest absolute Gasteiger partial charge is 0.297 e. The van der Waals surface area contributed by atoms with Crippen LogP contribution in [0.5, 0.6) is 0 Å². The van der Waals surface area contributed by atoms with Crippen molar-refractivity contribution in [1.29, 1.82) is 0 Å². The quantitative estimate of drug-likeness (QED) is 0.650. The average molecular weight is 178 g/mol. The van der Waals surface area contributed by atoms with E-state index in [9.17, 15) is 4.79 Å². The summed E-state index contributed by atoms with van der Waals surface area (Å²) in [5.41, 5.74) is 1.05. The van der Waals surface area contributed by atoms with Crippen LogP contribution in [0, 0.1) is 0 Å². The molecule has 0 spiro atoms. The summed E-state index contributed by atoms with van der Waals surface area (Å²) >= 11 is 0. The van der Waals surface area contributed by atoms with Crippen LogP contribution in [0.2, 0.25) is 0 Å². The first-order chi connectivity index (χ1) is 6.18. The minimum atomic E-state index is 0.117. The van der Waals surface area contributed by atoms with Crippen molar-refractivity contribution < 1.29 is 0 Å². The topological polar surface area (TPSA) is 34.9 Å². The molecule has 1 aliphatic rings. The predicted molar refractivity (Wildman–Crippen MR) is 50.9 cm³/mol. The molecule has 0 bridgehead atoms. The molecule has 3 heteroatoms. The molecule has 1 aromatic heterocycles. The van der Waals surface area contributed by atoms with E-state index in [0.29, 0.717) is 5.92 Å². The van der Waals surface area contributed by atoms with Gasteiger partial charge in [-0.1, -0.05) is 13.8 Å². The Morgan fingerprint density at radius 2 is 2.31 bits per heavy atom. The second kappa shape index (κ2) is 2.98. The summed E-state index contributed by atoms with van der Waals surface area (Å²) in [7, 11) is 0. The van der Waals surface area contributed by atoms with Gasteiger partial charge in [-0.25, -0.2) is 4.98 Å². The number of aromatic nitrogens is 2. The van der Waals surface area contributed by atoms with Crippen molar-refractivity contribution in [2.45, 2.75) is 39.2 Å². The molecule has 2 heterocycles. The summed E-state index contributed by atoms with van der Waals surface area (Å²) < 4.78 is 1.78. The molecule has 0 amide bonds. The third-order valence-corrected chi connectivity index (χ3v) is 2.48. The second-order valence-corrected chi connectivity index (χ2v) is 3.85. The number of nitrogens with zero attached hydrogens (tertiary/aromatic N) is 2. The van der Waals surface area contributed by atoms with Gasteiger partial charge < -0.3 is 0 Å². The van der Waals surface area contributed by atoms with Gasteiger partial charge in [0.05, 0.1) is 5.69 Å². The van der Waals surface area contributed by atoms with E-state index in [-0.39, 0.29) is 5.56 Å². The lowest BCUT2D eigenvalue weighted by Crippen LogP contribution is -2.21. The number of hydrogen-bond donors (Lipinski definition) is 0. The molecule has 13 heavy (non-hydrogen) atoms. The summed E-state index contributed by atoms with van der Waals surface area (Å²) in [6, 6.07) is 1.67. The van der Waals surface area contributed by atoms with E-state index in [1.807, 2.05) is 0 Å². The maximum atomic E-state index is 11.6. The van der Waals surface area contributed by atoms with Crippen molar-refractivity contribution in [2.75, 3.05) is 0 Å². The minimum Gasteiger partial charge on any atom is -0.297 e. The Balaban J connectivity index is 2.56. The molecule has 0 atom stereocenters. The average Bonchev–Trinajstić information content (AvgIpc) is 2.51. The Morgan fingerprint density at radius 3 is 3.00 bits per heavy atom. The third-order valence-electron chi connectivity index (χ3n) is 2.48. The van der Waals surface area contributed by atoms with E-state index < -0.39 is 0 Å². The Hall–Kier alpha value is -1.12. The summed E-state index contributed by atoms with van der Waals surface area (Å²) in [5.74, 6) is 1.32. The van der Waals surface area contributed by atoms with Crippen LogP contribution in [-0.2, 0) is 13.0 Å². The highest BCUT2D eigenvalue weighted by Gasteiger charge is 2.14. The van der Waals surface area contributed by atoms with Gasteiger partial charge in [-0.2, -0.15) is 0 Å². The van der Waals surface area contributed by atoms with Crippen LogP contribution in [0.3, 0.4) is 0 Å². The van der Waals surface area contributed by atoms with E-state index in [0.717, 1.165) is 30.9 Å². The molecule has 1 aliphatic heterocycles. The van der Waals surface area contributed by atoms with Gasteiger partial charge in [0.15, 0.2) is 0 Å². The van der Waals surface area contributed by atoms with Crippen molar-refractivity contribution in [3.05, 3.63) is 27.9 Å². The van der Waals surface area contributed by atoms with E-state index in [1.165, 1.54) is 0 Å². The van der Waals surface area contributed by atoms with Crippen molar-refractivity contribution >= 4 is 0 Å². The molecule has 0 saturated carbocycles. The van der Waals surface area contributed by atoms with Crippen LogP contribution >= 0.6 is 0 Å². The molecule has 0 aliphatic carbocycles. The third kappa shape index (κ3) is 1.39. The van der Waals surface area contributed by atoms with Crippen molar-refractivity contribution in [2.24, 2.45) is 0 Å². The smallest absolute Gasteiger partial charge is 0.253 e. The fourth-order valence-corrected chi connectivity index (χ4v) is 1.69. The van der Waals surface area contributed by atoms with Crippen LogP contribution in [0.25, 0.3) is 0 Å². The maximum absolute atomic E-state index is 11.6. The molecule has 1 aromatic rings. The Kier molecular flexibility index (Phi) is 1.94. The van der Waals surface area contributed by atoms with Gasteiger partial charge in [0.25, 0.3) is 5.56 Å². The predicted octanol–water partition coefficient (Wildman–Crippen LogP) is 1.31. The number of rotatable bonds is 1. The van der Waals surface area contributed by atoms with Crippen LogP contribution in [0.1, 0.15) is 37.7 Å². The second-order valence-electron chi connectivity index (χ2n) is 3.85. The van der Waals surface area contributed by atoms with Crippen LogP contribution < -0.4 is 5.56 Å². The highest BCUT2D eigenvalue weighted by molar-refractivity contribution is 5.10. The SMILES string of the molecule is CC(C)c1cc(=O)n2c(n1)CCC2. The first kappa shape index (κ1) is 8.48. The molecule has 2 rings (SSSR count).